The van der Waals surface area contributed by atoms with Crippen LogP contribution in [0.3, 0.4) is 0 Å². The molecule has 0 heterocycles. The maximum Gasteiger partial charge on any atom is 0.142 e. The number of likely N-dealkylation sites (N-methyl/N-ethyl adjacent to an activating group) is 1. The van der Waals surface area contributed by atoms with E-state index in [-0.39, 0.29) is 11.1 Å². The largest absolute Gasteiger partial charge is 0.313 e. The Morgan fingerprint density at radius 3 is 2.25 bits per heavy atom. The molecule has 5 heteroatoms. The Morgan fingerprint density at radius 2 is 1.70 bits per heavy atom. The van der Waals surface area contributed by atoms with Crippen LogP contribution in [0.15, 0.2) is 36.4 Å². The minimum absolute atomic E-state index is 0.100. The Balaban J connectivity index is 2.31. The van der Waals surface area contributed by atoms with Crippen molar-refractivity contribution in [2.24, 2.45) is 0 Å². The Hall–Kier alpha value is -0.800. The quantitative estimate of drug-likeness (QED) is 0.802. The summed E-state index contributed by atoms with van der Waals surface area (Å²) in [6.07, 6.45) is 0.564. The van der Waals surface area contributed by atoms with Crippen LogP contribution in [0, 0.1) is 5.82 Å². The molecule has 106 valence electrons. The Labute approximate surface area is 132 Å². The normalized spacial score (nSPS) is 12.4. The molecule has 0 saturated carbocycles. The van der Waals surface area contributed by atoms with Crippen molar-refractivity contribution in [3.8, 4) is 0 Å². The van der Waals surface area contributed by atoms with Gasteiger partial charge in [-0.1, -0.05) is 46.9 Å². The first-order valence-electron chi connectivity index (χ1n) is 6.08. The fraction of sp³-hybridized carbons (Fsp3) is 0.200. The van der Waals surface area contributed by atoms with Crippen molar-refractivity contribution in [1.29, 1.82) is 0 Å². The second-order valence-corrected chi connectivity index (χ2v) is 5.65. The lowest BCUT2D eigenvalue weighted by molar-refractivity contribution is 0.584. The third kappa shape index (κ3) is 3.44. The van der Waals surface area contributed by atoms with Crippen molar-refractivity contribution < 1.29 is 4.39 Å². The molecule has 0 bridgehead atoms. The summed E-state index contributed by atoms with van der Waals surface area (Å²) >= 11 is 18.1. The van der Waals surface area contributed by atoms with Gasteiger partial charge in [0.25, 0.3) is 0 Å². The molecule has 0 spiro atoms. The summed E-state index contributed by atoms with van der Waals surface area (Å²) in [6.45, 7) is 0. The first kappa shape index (κ1) is 15.6. The summed E-state index contributed by atoms with van der Waals surface area (Å²) in [6, 6.07) is 10.0. The Bertz CT molecular complexity index is 596. The zero-order chi connectivity index (χ0) is 14.7. The van der Waals surface area contributed by atoms with Crippen molar-refractivity contribution in [2.75, 3.05) is 7.05 Å². The zero-order valence-corrected chi connectivity index (χ0v) is 13.0. The van der Waals surface area contributed by atoms with E-state index in [1.165, 1.54) is 6.07 Å². The number of nitrogens with one attached hydrogen (secondary N) is 1. The van der Waals surface area contributed by atoms with Crippen molar-refractivity contribution in [1.82, 2.24) is 5.32 Å². The Morgan fingerprint density at radius 1 is 1.05 bits per heavy atom. The van der Waals surface area contributed by atoms with Crippen molar-refractivity contribution in [3.05, 3.63) is 68.4 Å². The highest BCUT2D eigenvalue weighted by Gasteiger charge is 2.17. The van der Waals surface area contributed by atoms with Gasteiger partial charge in [-0.05, 0) is 43.3 Å². The molecular formula is C15H13Cl3FN. The first-order valence-corrected chi connectivity index (χ1v) is 7.21. The van der Waals surface area contributed by atoms with E-state index in [2.05, 4.69) is 5.32 Å². The fourth-order valence-electron chi connectivity index (χ4n) is 2.09. The van der Waals surface area contributed by atoms with Crippen LogP contribution >= 0.6 is 34.8 Å². The van der Waals surface area contributed by atoms with Crippen LogP contribution in [-0.2, 0) is 6.42 Å². The highest BCUT2D eigenvalue weighted by Crippen LogP contribution is 2.32. The number of hydrogen-bond donors (Lipinski definition) is 1. The number of benzene rings is 2. The van der Waals surface area contributed by atoms with Crippen LogP contribution in [0.5, 0.6) is 0 Å². The molecule has 1 atom stereocenters. The molecule has 0 aromatic heterocycles. The average molecular weight is 333 g/mol. The lowest BCUT2D eigenvalue weighted by atomic mass is 9.99. The van der Waals surface area contributed by atoms with Crippen LogP contribution in [0.2, 0.25) is 15.1 Å². The van der Waals surface area contributed by atoms with Gasteiger partial charge in [0.05, 0.1) is 5.02 Å². The van der Waals surface area contributed by atoms with E-state index in [0.29, 0.717) is 16.5 Å². The second kappa shape index (κ2) is 6.77. The molecule has 2 aromatic carbocycles. The maximum atomic E-state index is 13.5. The molecule has 0 fully saturated rings. The van der Waals surface area contributed by atoms with Crippen LogP contribution in [0.1, 0.15) is 17.2 Å². The van der Waals surface area contributed by atoms with E-state index in [9.17, 15) is 4.39 Å². The van der Waals surface area contributed by atoms with Gasteiger partial charge >= 0.3 is 0 Å². The van der Waals surface area contributed by atoms with Gasteiger partial charge in [-0.2, -0.15) is 0 Å². The van der Waals surface area contributed by atoms with E-state index >= 15 is 0 Å². The van der Waals surface area contributed by atoms with E-state index in [1.54, 1.807) is 30.3 Å². The predicted molar refractivity (Wildman–Crippen MR) is 83.4 cm³/mol. The second-order valence-electron chi connectivity index (χ2n) is 4.43. The lowest BCUT2D eigenvalue weighted by Gasteiger charge is -2.19. The number of rotatable bonds is 4. The fourth-order valence-corrected chi connectivity index (χ4v) is 2.87. The topological polar surface area (TPSA) is 12.0 Å². The highest BCUT2D eigenvalue weighted by atomic mass is 35.5. The minimum atomic E-state index is -0.427. The summed E-state index contributed by atoms with van der Waals surface area (Å²) in [7, 11) is 1.82. The molecule has 0 aliphatic rings. The third-order valence-electron chi connectivity index (χ3n) is 3.12. The van der Waals surface area contributed by atoms with Gasteiger partial charge in [-0.15, -0.1) is 0 Å². The molecule has 0 saturated heterocycles. The molecule has 0 aliphatic carbocycles. The zero-order valence-electron chi connectivity index (χ0n) is 10.8. The summed E-state index contributed by atoms with van der Waals surface area (Å²) in [4.78, 5) is 0. The molecule has 0 amide bonds. The van der Waals surface area contributed by atoms with Gasteiger partial charge < -0.3 is 5.32 Å². The minimum Gasteiger partial charge on any atom is -0.313 e. The molecule has 0 aliphatic heterocycles. The van der Waals surface area contributed by atoms with Crippen LogP contribution in [0.4, 0.5) is 4.39 Å². The van der Waals surface area contributed by atoms with Gasteiger partial charge in [0.1, 0.15) is 5.82 Å². The molecule has 1 N–H and O–H groups in total. The summed E-state index contributed by atoms with van der Waals surface area (Å²) in [5, 5.41) is 4.45. The van der Waals surface area contributed by atoms with Gasteiger partial charge in [-0.25, -0.2) is 4.39 Å². The number of halogens is 4. The van der Waals surface area contributed by atoms with E-state index in [1.807, 2.05) is 7.05 Å². The maximum absolute atomic E-state index is 13.5. The van der Waals surface area contributed by atoms with E-state index < -0.39 is 5.82 Å². The molecule has 20 heavy (non-hydrogen) atoms. The average Bonchev–Trinajstić information content (AvgIpc) is 2.41. The standard InChI is InChI=1S/C15H13Cl3FN/c1-20-14(15-11(17)3-2-4-12(15)18)8-9-5-6-10(16)13(19)7-9/h2-7,14,20H,8H2,1H3. The molecular weight excluding hydrogens is 320 g/mol. The molecule has 1 nitrogen and oxygen atoms in total. The van der Waals surface area contributed by atoms with Crippen LogP contribution < -0.4 is 5.32 Å². The Kier molecular flexibility index (Phi) is 5.28. The van der Waals surface area contributed by atoms with Crippen molar-refractivity contribution >= 4 is 34.8 Å². The summed E-state index contributed by atoms with van der Waals surface area (Å²) in [5.74, 6) is -0.427. The smallest absolute Gasteiger partial charge is 0.142 e. The SMILES string of the molecule is CNC(Cc1ccc(Cl)c(F)c1)c1c(Cl)cccc1Cl. The van der Waals surface area contributed by atoms with E-state index in [0.717, 1.165) is 11.1 Å². The first-order chi connectivity index (χ1) is 9.52. The monoisotopic (exact) mass is 331 g/mol. The van der Waals surface area contributed by atoms with Crippen molar-refractivity contribution in [3.63, 3.8) is 0 Å². The summed E-state index contributed by atoms with van der Waals surface area (Å²) in [5.41, 5.74) is 1.64. The van der Waals surface area contributed by atoms with Crippen LogP contribution in [-0.4, -0.2) is 7.05 Å². The highest BCUT2D eigenvalue weighted by molar-refractivity contribution is 6.36. The molecule has 0 radical (unpaired) electrons. The third-order valence-corrected chi connectivity index (χ3v) is 4.09. The molecule has 2 rings (SSSR count). The van der Waals surface area contributed by atoms with E-state index in [4.69, 9.17) is 34.8 Å². The predicted octanol–water partition coefficient (Wildman–Crippen LogP) is 5.29. The summed E-state index contributed by atoms with van der Waals surface area (Å²) < 4.78 is 13.5. The van der Waals surface area contributed by atoms with Gasteiger partial charge in [-0.3, -0.25) is 0 Å². The van der Waals surface area contributed by atoms with Gasteiger partial charge in [0.15, 0.2) is 0 Å². The molecule has 2 aromatic rings. The van der Waals surface area contributed by atoms with Crippen LogP contribution in [0.25, 0.3) is 0 Å². The lowest BCUT2D eigenvalue weighted by Crippen LogP contribution is -2.19. The molecule has 1 unspecified atom stereocenters. The van der Waals surface area contributed by atoms with Crippen molar-refractivity contribution in [2.45, 2.75) is 12.5 Å². The van der Waals surface area contributed by atoms with Gasteiger partial charge in [0.2, 0.25) is 0 Å². The van der Waals surface area contributed by atoms with Gasteiger partial charge in [0, 0.05) is 21.7 Å². The number of hydrogen-bond acceptors (Lipinski definition) is 1.